The van der Waals surface area contributed by atoms with E-state index in [1.807, 2.05) is 32.3 Å². The predicted molar refractivity (Wildman–Crippen MR) is 123 cm³/mol. The Balaban J connectivity index is 5.64. The Morgan fingerprint density at radius 3 is 2.43 bits per heavy atom. The molecule has 0 saturated carbocycles. The number of thiol groups is 1. The zero-order valence-corrected chi connectivity index (χ0v) is 19.7. The van der Waals surface area contributed by atoms with E-state index >= 15 is 0 Å². The summed E-state index contributed by atoms with van der Waals surface area (Å²) >= 11 is 5.75. The van der Waals surface area contributed by atoms with Gasteiger partial charge in [-0.25, -0.2) is 10.2 Å². The Hall–Kier alpha value is -0.700. The lowest BCUT2D eigenvalue weighted by atomic mass is 9.82. The van der Waals surface area contributed by atoms with Crippen LogP contribution in [-0.4, -0.2) is 57.9 Å². The molecule has 0 bridgehead atoms. The molecule has 0 aliphatic carbocycles. The van der Waals surface area contributed by atoms with Crippen LogP contribution in [0.3, 0.4) is 0 Å². The van der Waals surface area contributed by atoms with Crippen LogP contribution < -0.4 is 11.2 Å². The summed E-state index contributed by atoms with van der Waals surface area (Å²) in [6.07, 6.45) is 8.26. The van der Waals surface area contributed by atoms with E-state index < -0.39 is 11.5 Å². The number of carbonyl (C=O) groups is 2. The van der Waals surface area contributed by atoms with Crippen molar-refractivity contribution in [2.75, 3.05) is 24.3 Å². The third-order valence-corrected chi connectivity index (χ3v) is 6.18. The predicted octanol–water partition coefficient (Wildman–Crippen LogP) is 3.19. The Morgan fingerprint density at radius 2 is 1.96 bits per heavy atom. The number of hydrogen-bond acceptors (Lipinski definition) is 6. The minimum Gasteiger partial charge on any atom is -0.479 e. The van der Waals surface area contributed by atoms with Crippen molar-refractivity contribution in [3.8, 4) is 0 Å². The van der Waals surface area contributed by atoms with Crippen LogP contribution >= 0.6 is 24.4 Å². The molecule has 0 fully saturated rings. The number of rotatable bonds is 15. The first kappa shape index (κ1) is 27.3. The van der Waals surface area contributed by atoms with E-state index in [0.717, 1.165) is 12.8 Å². The molecule has 4 N–H and O–H groups in total. The van der Waals surface area contributed by atoms with Crippen molar-refractivity contribution in [1.82, 2.24) is 10.4 Å². The molecule has 0 aliphatic rings. The summed E-state index contributed by atoms with van der Waals surface area (Å²) < 4.78 is 0. The van der Waals surface area contributed by atoms with Gasteiger partial charge in [-0.1, -0.05) is 46.3 Å². The number of allylic oxidation sites excluding steroid dienone is 1. The maximum absolute atomic E-state index is 13.1. The van der Waals surface area contributed by atoms with Crippen LogP contribution in [0.25, 0.3) is 0 Å². The molecule has 28 heavy (non-hydrogen) atoms. The summed E-state index contributed by atoms with van der Waals surface area (Å²) in [7, 11) is 0. The molecule has 0 aromatic rings. The van der Waals surface area contributed by atoms with Gasteiger partial charge in [-0.05, 0) is 36.7 Å². The van der Waals surface area contributed by atoms with Gasteiger partial charge in [0.25, 0.3) is 0 Å². The zero-order valence-electron chi connectivity index (χ0n) is 18.0. The van der Waals surface area contributed by atoms with Crippen LogP contribution in [0.15, 0.2) is 12.2 Å². The number of thioether (sulfide) groups is 1. The van der Waals surface area contributed by atoms with Gasteiger partial charge in [0.15, 0.2) is 5.54 Å². The summed E-state index contributed by atoms with van der Waals surface area (Å²) in [5, 5.41) is 11.5. The maximum atomic E-state index is 13.1. The van der Waals surface area contributed by atoms with Crippen LogP contribution in [-0.2, 0) is 9.59 Å². The van der Waals surface area contributed by atoms with Crippen molar-refractivity contribution >= 4 is 36.3 Å². The highest BCUT2D eigenvalue weighted by molar-refractivity contribution is 7.98. The number of nitrogens with zero attached hydrogens (tertiary/aromatic N) is 1. The number of carbonyl (C=O) groups excluding carboxylic acids is 1. The molecular weight excluding hydrogens is 394 g/mol. The highest BCUT2D eigenvalue weighted by Crippen LogP contribution is 2.30. The number of amides is 1. The second kappa shape index (κ2) is 14.3. The quantitative estimate of drug-likeness (QED) is 0.180. The van der Waals surface area contributed by atoms with Crippen molar-refractivity contribution in [2.45, 2.75) is 65.0 Å². The summed E-state index contributed by atoms with van der Waals surface area (Å²) in [4.78, 5) is 25.4. The molecule has 3 atom stereocenters. The molecule has 6 nitrogen and oxygen atoms in total. The first-order valence-corrected chi connectivity index (χ1v) is 12.0. The summed E-state index contributed by atoms with van der Waals surface area (Å²) in [6, 6.07) is -0.279. The van der Waals surface area contributed by atoms with Crippen LogP contribution in [0.5, 0.6) is 0 Å². The van der Waals surface area contributed by atoms with Crippen LogP contribution in [0.1, 0.15) is 53.4 Å². The van der Waals surface area contributed by atoms with Crippen LogP contribution in [0.2, 0.25) is 0 Å². The van der Waals surface area contributed by atoms with E-state index in [2.05, 4.69) is 31.9 Å². The average Bonchev–Trinajstić information content (AvgIpc) is 2.66. The number of hydrazine groups is 1. The maximum Gasteiger partial charge on any atom is 0.331 e. The number of carboxylic acid groups (broad SMARTS) is 1. The van der Waals surface area contributed by atoms with Gasteiger partial charge in [0.2, 0.25) is 5.91 Å². The molecule has 1 unspecified atom stereocenters. The molecule has 0 saturated heterocycles. The van der Waals surface area contributed by atoms with Gasteiger partial charge in [-0.15, -0.1) is 0 Å². The lowest BCUT2D eigenvalue weighted by molar-refractivity contribution is -0.168. The number of nitrogens with two attached hydrogens (primary N) is 1. The molecule has 0 aliphatic heterocycles. The molecule has 8 heteroatoms. The average molecular weight is 434 g/mol. The zero-order chi connectivity index (χ0) is 21.7. The van der Waals surface area contributed by atoms with Crippen molar-refractivity contribution < 1.29 is 14.7 Å². The molecule has 0 aromatic heterocycles. The highest BCUT2D eigenvalue weighted by atomic mass is 32.2. The molecule has 0 radical (unpaired) electrons. The van der Waals surface area contributed by atoms with Gasteiger partial charge in [0.05, 0.1) is 0 Å². The number of hydrogen-bond donors (Lipinski definition) is 4. The first-order chi connectivity index (χ1) is 13.2. The monoisotopic (exact) mass is 433 g/mol. The Labute approximate surface area is 180 Å². The SMILES string of the molecule is CC[C@H](C)C/C=C/CC(=O)N(NCC(N)CS)[C@@](CCSC)(C(=O)O)C(C)C. The lowest BCUT2D eigenvalue weighted by Gasteiger charge is -2.44. The minimum atomic E-state index is -1.33. The molecule has 0 heterocycles. The standard InChI is InChI=1S/C20H39N3O3S2/c1-6-16(4)9-7-8-10-18(24)23(22-13-17(21)14-27)20(15(2)3,19(25)26)11-12-28-5/h7-8,15-17,22,27H,6,9-14,21H2,1-5H3,(H,25,26)/b8-7+/t16-,17?,20+/m0/s1. The van der Waals surface area contributed by atoms with Gasteiger partial charge < -0.3 is 10.8 Å². The van der Waals surface area contributed by atoms with E-state index in [-0.39, 0.29) is 30.8 Å². The van der Waals surface area contributed by atoms with E-state index in [1.165, 1.54) is 5.01 Å². The Kier molecular flexibility index (Phi) is 14.0. The summed E-state index contributed by atoms with van der Waals surface area (Å²) in [6.45, 7) is 8.26. The fraction of sp³-hybridized carbons (Fsp3) is 0.800. The molecule has 1 amide bonds. The van der Waals surface area contributed by atoms with Gasteiger partial charge >= 0.3 is 5.97 Å². The van der Waals surface area contributed by atoms with E-state index in [0.29, 0.717) is 23.8 Å². The van der Waals surface area contributed by atoms with Crippen molar-refractivity contribution in [3.63, 3.8) is 0 Å². The molecule has 164 valence electrons. The van der Waals surface area contributed by atoms with Gasteiger partial charge in [-0.3, -0.25) is 9.80 Å². The second-order valence-corrected chi connectivity index (χ2v) is 8.94. The smallest absolute Gasteiger partial charge is 0.331 e. The van der Waals surface area contributed by atoms with Crippen LogP contribution in [0.4, 0.5) is 0 Å². The topological polar surface area (TPSA) is 95.7 Å². The number of nitrogens with one attached hydrogen (secondary N) is 1. The lowest BCUT2D eigenvalue weighted by Crippen LogP contribution is -2.66. The van der Waals surface area contributed by atoms with E-state index in [1.54, 1.807) is 11.8 Å². The normalized spacial score (nSPS) is 16.1. The number of aliphatic carboxylic acids is 1. The van der Waals surface area contributed by atoms with Crippen molar-refractivity contribution in [2.24, 2.45) is 17.6 Å². The fourth-order valence-electron chi connectivity index (χ4n) is 2.86. The number of carboxylic acids is 1. The molecular formula is C20H39N3O3S2. The molecule has 0 aromatic carbocycles. The Morgan fingerprint density at radius 1 is 1.32 bits per heavy atom. The summed E-state index contributed by atoms with van der Waals surface area (Å²) in [5.41, 5.74) is 7.64. The largest absolute Gasteiger partial charge is 0.479 e. The van der Waals surface area contributed by atoms with E-state index in [4.69, 9.17) is 5.73 Å². The third-order valence-electron chi connectivity index (χ3n) is 5.10. The first-order valence-electron chi connectivity index (χ1n) is 9.97. The van der Waals surface area contributed by atoms with Gasteiger partial charge in [-0.2, -0.15) is 24.4 Å². The second-order valence-electron chi connectivity index (χ2n) is 7.59. The highest BCUT2D eigenvalue weighted by Gasteiger charge is 2.49. The van der Waals surface area contributed by atoms with Crippen LogP contribution in [0, 0.1) is 11.8 Å². The fourth-order valence-corrected chi connectivity index (χ4v) is 3.51. The van der Waals surface area contributed by atoms with Gasteiger partial charge in [0.1, 0.15) is 0 Å². The summed E-state index contributed by atoms with van der Waals surface area (Å²) in [5.74, 6) is 0.105. The third kappa shape index (κ3) is 8.35. The minimum absolute atomic E-state index is 0.153. The van der Waals surface area contributed by atoms with Crippen molar-refractivity contribution in [3.05, 3.63) is 12.2 Å². The van der Waals surface area contributed by atoms with Crippen molar-refractivity contribution in [1.29, 1.82) is 0 Å². The van der Waals surface area contributed by atoms with Gasteiger partial charge in [0, 0.05) is 24.8 Å². The molecule has 0 spiro atoms. The van der Waals surface area contributed by atoms with E-state index in [9.17, 15) is 14.7 Å². The Bertz CT molecular complexity index is 503. The molecule has 0 rings (SSSR count).